The molecular weight excluding hydrogens is 899 g/mol. The number of halogens is 2. The molecule has 0 aliphatic carbocycles. The molecule has 5 aromatic rings. The first-order chi connectivity index (χ1) is 32.0. The number of hydrogen-bond acceptors (Lipinski definition) is 10. The normalized spacial score (nSPS) is 16.3. The Hall–Kier alpha value is -6.04. The topological polar surface area (TPSA) is 197 Å². The van der Waals surface area contributed by atoms with E-state index in [9.17, 15) is 34.6 Å². The lowest BCUT2D eigenvalue weighted by Crippen LogP contribution is -2.65. The minimum absolute atomic E-state index is 0.0287. The van der Waals surface area contributed by atoms with E-state index < -0.39 is 60.3 Å². The fourth-order valence-electron chi connectivity index (χ4n) is 8.45. The van der Waals surface area contributed by atoms with Crippen LogP contribution in [0.25, 0.3) is 11.3 Å². The molecule has 1 aliphatic heterocycles. The molecule has 0 unspecified atom stereocenters. The molecule has 1 saturated heterocycles. The number of likely N-dealkylation sites (tertiary alicyclic amines) is 1. The van der Waals surface area contributed by atoms with Gasteiger partial charge in [-0.05, 0) is 94.4 Å². The number of aromatic nitrogens is 3. The molecule has 0 bridgehead atoms. The zero-order valence-corrected chi connectivity index (χ0v) is 39.8. The number of amides is 3. The van der Waals surface area contributed by atoms with Gasteiger partial charge in [-0.1, -0.05) is 47.5 Å². The number of carboxylic acid groups (broad SMARTS) is 1. The zero-order valence-electron chi connectivity index (χ0n) is 38.3. The molecule has 3 heterocycles. The number of pyridine rings is 1. The van der Waals surface area contributed by atoms with Gasteiger partial charge in [-0.2, -0.15) is 4.73 Å². The molecule has 2 aromatic heterocycles. The third kappa shape index (κ3) is 12.9. The van der Waals surface area contributed by atoms with Crippen LogP contribution in [0.4, 0.5) is 0 Å². The summed E-state index contributed by atoms with van der Waals surface area (Å²) in [5.41, 5.74) is 2.68. The Balaban J connectivity index is 1.14. The third-order valence-electron chi connectivity index (χ3n) is 12.2. The van der Waals surface area contributed by atoms with Gasteiger partial charge in [0, 0.05) is 73.5 Å². The average molecular weight is 958 g/mol. The second kappa shape index (κ2) is 22.6. The summed E-state index contributed by atoms with van der Waals surface area (Å²) in [7, 11) is 7.56. The second-order valence-corrected chi connectivity index (χ2v) is 18.3. The molecule has 18 heteroatoms. The molecule has 0 radical (unpaired) electrons. The standard InChI is InChI=1S/C49H58Cl2N8O8/c1-32(52-27-35-12-17-38(51)25-43(35)67-40-18-13-34(14-19-40)42-28-53-44(56(42)4)29-55(2)3)46(63)54-41(30-60)48(65)57(5)49(26-33-10-15-37(50)16-11-33)20-8-21-58(31-49)47(64)36(24-45(61)62)23-39-9-6-7-22-59(39)66/h6-7,9-19,22,25,28,32,36,41,52,60H,8,20-21,23-24,26-27,29-31H2,1-5H3,(H,54,63)(H,61,62)/t32-,36+,41-,49+/m0/s1. The van der Waals surface area contributed by atoms with E-state index in [0.717, 1.165) is 22.6 Å². The Labute approximate surface area is 400 Å². The molecule has 6 rings (SSSR count). The first kappa shape index (κ1) is 50.4. The van der Waals surface area contributed by atoms with E-state index in [1.54, 1.807) is 67.4 Å². The minimum Gasteiger partial charge on any atom is -0.619 e. The molecule has 1 fully saturated rings. The van der Waals surface area contributed by atoms with Gasteiger partial charge in [0.25, 0.3) is 0 Å². The van der Waals surface area contributed by atoms with Crippen molar-refractivity contribution in [2.24, 2.45) is 13.0 Å². The van der Waals surface area contributed by atoms with E-state index in [1.807, 2.05) is 63.7 Å². The number of nitrogens with one attached hydrogen (secondary N) is 2. The number of carbonyl (C=O) groups excluding carboxylic acids is 3. The zero-order chi connectivity index (χ0) is 48.4. The highest BCUT2D eigenvalue weighted by molar-refractivity contribution is 6.31. The number of imidazole rings is 1. The van der Waals surface area contributed by atoms with Gasteiger partial charge >= 0.3 is 5.97 Å². The van der Waals surface area contributed by atoms with E-state index >= 15 is 0 Å². The van der Waals surface area contributed by atoms with Crippen LogP contribution < -0.4 is 20.1 Å². The van der Waals surface area contributed by atoms with Crippen LogP contribution in [0.5, 0.6) is 11.5 Å². The molecule has 3 amide bonds. The lowest BCUT2D eigenvalue weighted by Gasteiger charge is -2.49. The fourth-order valence-corrected chi connectivity index (χ4v) is 8.74. The number of carbonyl (C=O) groups is 4. The van der Waals surface area contributed by atoms with Crippen LogP contribution in [0.2, 0.25) is 10.0 Å². The van der Waals surface area contributed by atoms with Crippen molar-refractivity contribution in [1.29, 1.82) is 0 Å². The molecule has 0 spiro atoms. The van der Waals surface area contributed by atoms with Gasteiger partial charge < -0.3 is 50.1 Å². The van der Waals surface area contributed by atoms with Crippen LogP contribution in [-0.4, -0.2) is 117 Å². The van der Waals surface area contributed by atoms with E-state index in [2.05, 4.69) is 25.1 Å². The number of rotatable bonds is 20. The predicted molar refractivity (Wildman–Crippen MR) is 254 cm³/mol. The Kier molecular flexibility index (Phi) is 17.0. The molecule has 4 atom stereocenters. The van der Waals surface area contributed by atoms with E-state index in [-0.39, 0.29) is 31.6 Å². The number of ether oxygens (including phenoxy) is 1. The van der Waals surface area contributed by atoms with Crippen LogP contribution in [0.15, 0.2) is 97.3 Å². The molecule has 16 nitrogen and oxygen atoms in total. The Bertz CT molecular complexity index is 2520. The predicted octanol–water partition coefficient (Wildman–Crippen LogP) is 5.23. The van der Waals surface area contributed by atoms with Crippen molar-refractivity contribution in [1.82, 2.24) is 34.9 Å². The molecule has 4 N–H and O–H groups in total. The molecule has 0 saturated carbocycles. The van der Waals surface area contributed by atoms with Gasteiger partial charge in [0.15, 0.2) is 11.9 Å². The Morgan fingerprint density at radius 3 is 2.39 bits per heavy atom. The van der Waals surface area contributed by atoms with Crippen LogP contribution in [-0.2, 0) is 52.2 Å². The van der Waals surface area contributed by atoms with E-state index in [0.29, 0.717) is 57.8 Å². The van der Waals surface area contributed by atoms with Crippen LogP contribution in [0, 0.1) is 11.1 Å². The van der Waals surface area contributed by atoms with E-state index in [4.69, 9.17) is 27.9 Å². The maximum atomic E-state index is 14.5. The highest BCUT2D eigenvalue weighted by Crippen LogP contribution is 2.34. The van der Waals surface area contributed by atoms with Gasteiger partial charge in [0.2, 0.25) is 17.7 Å². The van der Waals surface area contributed by atoms with Crippen molar-refractivity contribution >= 4 is 46.9 Å². The smallest absolute Gasteiger partial charge is 0.304 e. The van der Waals surface area contributed by atoms with Crippen LogP contribution >= 0.6 is 23.2 Å². The number of aliphatic hydroxyl groups is 1. The van der Waals surface area contributed by atoms with Crippen LogP contribution in [0.1, 0.15) is 48.8 Å². The number of carboxylic acids is 1. The maximum Gasteiger partial charge on any atom is 0.304 e. The molecule has 1 aliphatic rings. The second-order valence-electron chi connectivity index (χ2n) is 17.4. The summed E-state index contributed by atoms with van der Waals surface area (Å²) in [6.07, 6.45) is 3.74. The minimum atomic E-state index is -1.34. The highest BCUT2D eigenvalue weighted by Gasteiger charge is 2.45. The lowest BCUT2D eigenvalue weighted by molar-refractivity contribution is -0.614. The summed E-state index contributed by atoms with van der Waals surface area (Å²) in [5.74, 6) is -1.82. The van der Waals surface area contributed by atoms with Crippen molar-refractivity contribution in [3.63, 3.8) is 0 Å². The lowest BCUT2D eigenvalue weighted by atomic mass is 9.80. The maximum absolute atomic E-state index is 14.5. The quantitative estimate of drug-likeness (QED) is 0.0589. The summed E-state index contributed by atoms with van der Waals surface area (Å²) in [5, 5.41) is 39.8. The third-order valence-corrected chi connectivity index (χ3v) is 12.7. The van der Waals surface area contributed by atoms with Crippen molar-refractivity contribution in [2.75, 3.05) is 40.8 Å². The summed E-state index contributed by atoms with van der Waals surface area (Å²) in [6, 6.07) is 22.5. The number of piperidine rings is 1. The van der Waals surface area contributed by atoms with Crippen molar-refractivity contribution < 1.29 is 38.9 Å². The molecule has 67 heavy (non-hydrogen) atoms. The summed E-state index contributed by atoms with van der Waals surface area (Å²) >= 11 is 12.6. The monoisotopic (exact) mass is 956 g/mol. The number of nitrogens with zero attached hydrogens (tertiary/aromatic N) is 6. The average Bonchev–Trinajstić information content (AvgIpc) is 3.66. The van der Waals surface area contributed by atoms with Gasteiger partial charge in [0.05, 0.1) is 49.0 Å². The molecule has 356 valence electrons. The molecule has 3 aromatic carbocycles. The number of likely N-dealkylation sites (N-methyl/N-ethyl adjacent to an activating group) is 1. The molecular formula is C49H58Cl2N8O8. The number of hydrogen-bond donors (Lipinski definition) is 4. The summed E-state index contributed by atoms with van der Waals surface area (Å²) < 4.78 is 8.97. The Morgan fingerprint density at radius 1 is 1.00 bits per heavy atom. The highest BCUT2D eigenvalue weighted by atomic mass is 35.5. The summed E-state index contributed by atoms with van der Waals surface area (Å²) in [6.45, 7) is 2.16. The number of benzene rings is 3. The first-order valence-corrected chi connectivity index (χ1v) is 22.8. The van der Waals surface area contributed by atoms with Gasteiger partial charge in [-0.15, -0.1) is 0 Å². The van der Waals surface area contributed by atoms with Crippen LogP contribution in [0.3, 0.4) is 0 Å². The van der Waals surface area contributed by atoms with Crippen molar-refractivity contribution in [3.8, 4) is 22.8 Å². The van der Waals surface area contributed by atoms with Gasteiger partial charge in [-0.25, -0.2) is 4.98 Å². The summed E-state index contributed by atoms with van der Waals surface area (Å²) in [4.78, 5) is 64.1. The Morgan fingerprint density at radius 2 is 1.72 bits per heavy atom. The first-order valence-electron chi connectivity index (χ1n) is 22.0. The van der Waals surface area contributed by atoms with Crippen molar-refractivity contribution in [2.45, 2.75) is 69.7 Å². The van der Waals surface area contributed by atoms with Gasteiger partial charge in [-0.3, -0.25) is 19.2 Å². The largest absolute Gasteiger partial charge is 0.619 e. The van der Waals surface area contributed by atoms with Crippen molar-refractivity contribution in [3.05, 3.63) is 135 Å². The fraction of sp³-hybridized carbons (Fsp3) is 0.388. The van der Waals surface area contributed by atoms with Gasteiger partial charge in [0.1, 0.15) is 23.4 Å². The van der Waals surface area contributed by atoms with E-state index in [1.165, 1.54) is 11.1 Å². The number of aliphatic hydroxyl groups excluding tert-OH is 1. The number of aliphatic carboxylic acids is 1. The SMILES string of the molecule is C[C@H](NCc1ccc(Cl)cc1Oc1ccc(-c2cnc(CN(C)C)n2C)cc1)C(=O)N[C@@H](CO)C(=O)N(C)[C@@]1(Cc2ccc(Cl)cc2)CCCN(C(=O)[C@@H](CC(=O)O)Cc2cccc[n+]2[O-])C1.